The number of nitrogens with one attached hydrogen (secondary N) is 1. The minimum Gasteiger partial charge on any atom is -0.384 e. The highest BCUT2D eigenvalue weighted by Gasteiger charge is 1.99. The average Bonchev–Trinajstić information content (AvgIpc) is 2.37. The van der Waals surface area contributed by atoms with Crippen LogP contribution >= 0.6 is 11.6 Å². The second-order valence-corrected chi connectivity index (χ2v) is 4.24. The van der Waals surface area contributed by atoms with E-state index in [0.29, 0.717) is 6.54 Å². The third-order valence-corrected chi connectivity index (χ3v) is 2.73. The van der Waals surface area contributed by atoms with E-state index in [0.717, 1.165) is 28.4 Å². The first-order valence-electron chi connectivity index (χ1n) is 5.59. The van der Waals surface area contributed by atoms with Gasteiger partial charge in [0.25, 0.3) is 0 Å². The van der Waals surface area contributed by atoms with E-state index in [4.69, 9.17) is 17.3 Å². The van der Waals surface area contributed by atoms with Crippen molar-refractivity contribution in [2.75, 3.05) is 18.4 Å². The van der Waals surface area contributed by atoms with Crippen molar-refractivity contribution in [2.24, 2.45) is 5.73 Å². The second kappa shape index (κ2) is 5.71. The predicted molar refractivity (Wildman–Crippen MR) is 74.4 cm³/mol. The molecule has 0 spiro atoms. The molecular formula is C14H15ClN2. The normalized spacial score (nSPS) is 10.2. The fourth-order valence-electron chi connectivity index (χ4n) is 1.69. The van der Waals surface area contributed by atoms with Crippen molar-refractivity contribution in [2.45, 2.75) is 0 Å². The van der Waals surface area contributed by atoms with Gasteiger partial charge in [-0.1, -0.05) is 35.9 Å². The Morgan fingerprint density at radius 2 is 1.71 bits per heavy atom. The van der Waals surface area contributed by atoms with Crippen molar-refractivity contribution in [3.63, 3.8) is 0 Å². The van der Waals surface area contributed by atoms with E-state index >= 15 is 0 Å². The SMILES string of the molecule is NCCNc1cccc(-c2cccc(Cl)c2)c1. The number of hydrogen-bond donors (Lipinski definition) is 2. The minimum absolute atomic E-state index is 0.626. The van der Waals surface area contributed by atoms with Gasteiger partial charge in [-0.25, -0.2) is 0 Å². The largest absolute Gasteiger partial charge is 0.384 e. The van der Waals surface area contributed by atoms with Gasteiger partial charge < -0.3 is 11.1 Å². The number of anilines is 1. The van der Waals surface area contributed by atoms with Gasteiger partial charge in [-0.3, -0.25) is 0 Å². The number of nitrogens with two attached hydrogens (primary N) is 1. The van der Waals surface area contributed by atoms with E-state index in [1.54, 1.807) is 0 Å². The van der Waals surface area contributed by atoms with E-state index in [1.165, 1.54) is 0 Å². The quantitative estimate of drug-likeness (QED) is 0.868. The van der Waals surface area contributed by atoms with Gasteiger partial charge in [-0.2, -0.15) is 0 Å². The van der Waals surface area contributed by atoms with Crippen LogP contribution in [0.25, 0.3) is 11.1 Å². The van der Waals surface area contributed by atoms with Crippen LogP contribution in [0.5, 0.6) is 0 Å². The molecule has 0 saturated heterocycles. The van der Waals surface area contributed by atoms with Crippen LogP contribution < -0.4 is 11.1 Å². The summed E-state index contributed by atoms with van der Waals surface area (Å²) in [6.45, 7) is 1.40. The Morgan fingerprint density at radius 3 is 2.41 bits per heavy atom. The first kappa shape index (κ1) is 12.0. The van der Waals surface area contributed by atoms with Crippen molar-refractivity contribution >= 4 is 17.3 Å². The molecule has 0 heterocycles. The van der Waals surface area contributed by atoms with Gasteiger partial charge in [0.05, 0.1) is 0 Å². The van der Waals surface area contributed by atoms with E-state index in [9.17, 15) is 0 Å². The molecule has 0 saturated carbocycles. The molecule has 3 N–H and O–H groups in total. The summed E-state index contributed by atoms with van der Waals surface area (Å²) in [5.74, 6) is 0. The Bertz CT molecular complexity index is 497. The molecule has 3 heteroatoms. The van der Waals surface area contributed by atoms with Gasteiger partial charge in [0.1, 0.15) is 0 Å². The molecule has 0 bridgehead atoms. The molecule has 0 aliphatic carbocycles. The van der Waals surface area contributed by atoms with Gasteiger partial charge in [0, 0.05) is 23.8 Å². The summed E-state index contributed by atoms with van der Waals surface area (Å²) in [6, 6.07) is 16.1. The number of halogens is 1. The van der Waals surface area contributed by atoms with Crippen molar-refractivity contribution in [3.05, 3.63) is 53.6 Å². The van der Waals surface area contributed by atoms with Crippen LogP contribution in [0.1, 0.15) is 0 Å². The van der Waals surface area contributed by atoms with Gasteiger partial charge in [0.2, 0.25) is 0 Å². The topological polar surface area (TPSA) is 38.0 Å². The molecule has 0 amide bonds. The minimum atomic E-state index is 0.626. The van der Waals surface area contributed by atoms with E-state index in [-0.39, 0.29) is 0 Å². The van der Waals surface area contributed by atoms with Crippen LogP contribution in [0, 0.1) is 0 Å². The first-order chi connectivity index (χ1) is 8.29. The maximum absolute atomic E-state index is 5.99. The van der Waals surface area contributed by atoms with Crippen LogP contribution in [0.2, 0.25) is 5.02 Å². The molecule has 0 aliphatic heterocycles. The number of rotatable bonds is 4. The number of benzene rings is 2. The zero-order valence-electron chi connectivity index (χ0n) is 9.49. The highest BCUT2D eigenvalue weighted by molar-refractivity contribution is 6.30. The van der Waals surface area contributed by atoms with Crippen LogP contribution in [0.15, 0.2) is 48.5 Å². The molecule has 2 rings (SSSR count). The molecule has 2 aromatic carbocycles. The van der Waals surface area contributed by atoms with Gasteiger partial charge in [-0.15, -0.1) is 0 Å². The fourth-order valence-corrected chi connectivity index (χ4v) is 1.88. The highest BCUT2D eigenvalue weighted by Crippen LogP contribution is 2.24. The second-order valence-electron chi connectivity index (χ2n) is 3.81. The molecule has 0 aliphatic rings. The van der Waals surface area contributed by atoms with Crippen LogP contribution in [-0.2, 0) is 0 Å². The maximum Gasteiger partial charge on any atom is 0.0412 e. The number of hydrogen-bond acceptors (Lipinski definition) is 2. The Labute approximate surface area is 106 Å². The Balaban J connectivity index is 2.26. The molecular weight excluding hydrogens is 232 g/mol. The molecule has 0 unspecified atom stereocenters. The zero-order valence-corrected chi connectivity index (χ0v) is 10.2. The lowest BCUT2D eigenvalue weighted by Gasteiger charge is -2.07. The molecule has 0 fully saturated rings. The maximum atomic E-state index is 5.99. The summed E-state index contributed by atoms with van der Waals surface area (Å²) in [5, 5.41) is 4.01. The van der Waals surface area contributed by atoms with Gasteiger partial charge >= 0.3 is 0 Å². The average molecular weight is 247 g/mol. The van der Waals surface area contributed by atoms with Gasteiger partial charge in [0.15, 0.2) is 0 Å². The lowest BCUT2D eigenvalue weighted by Crippen LogP contribution is -2.12. The summed E-state index contributed by atoms with van der Waals surface area (Å²) in [5.41, 5.74) is 8.81. The van der Waals surface area contributed by atoms with E-state index in [1.807, 2.05) is 36.4 Å². The zero-order chi connectivity index (χ0) is 12.1. The first-order valence-corrected chi connectivity index (χ1v) is 5.97. The lowest BCUT2D eigenvalue weighted by molar-refractivity contribution is 1.02. The van der Waals surface area contributed by atoms with Gasteiger partial charge in [-0.05, 0) is 35.4 Å². The van der Waals surface area contributed by atoms with Crippen LogP contribution in [0.4, 0.5) is 5.69 Å². The summed E-state index contributed by atoms with van der Waals surface area (Å²) < 4.78 is 0. The van der Waals surface area contributed by atoms with Crippen molar-refractivity contribution in [3.8, 4) is 11.1 Å². The molecule has 88 valence electrons. The molecule has 2 nitrogen and oxygen atoms in total. The van der Waals surface area contributed by atoms with E-state index < -0.39 is 0 Å². The van der Waals surface area contributed by atoms with Crippen molar-refractivity contribution < 1.29 is 0 Å². The summed E-state index contributed by atoms with van der Waals surface area (Å²) in [6.07, 6.45) is 0. The Kier molecular flexibility index (Phi) is 4.02. The summed E-state index contributed by atoms with van der Waals surface area (Å²) >= 11 is 5.99. The third-order valence-electron chi connectivity index (χ3n) is 2.49. The molecule has 2 aromatic rings. The Hall–Kier alpha value is -1.51. The summed E-state index contributed by atoms with van der Waals surface area (Å²) in [4.78, 5) is 0. The van der Waals surface area contributed by atoms with Crippen molar-refractivity contribution in [1.82, 2.24) is 0 Å². The lowest BCUT2D eigenvalue weighted by atomic mass is 10.1. The standard InChI is InChI=1S/C14H15ClN2/c15-13-5-1-3-11(9-13)12-4-2-6-14(10-12)17-8-7-16/h1-6,9-10,17H,7-8,16H2. The van der Waals surface area contributed by atoms with Crippen LogP contribution in [-0.4, -0.2) is 13.1 Å². The predicted octanol–water partition coefficient (Wildman–Crippen LogP) is 3.38. The molecule has 0 aromatic heterocycles. The van der Waals surface area contributed by atoms with E-state index in [2.05, 4.69) is 17.4 Å². The monoisotopic (exact) mass is 246 g/mol. The smallest absolute Gasteiger partial charge is 0.0412 e. The molecule has 0 atom stereocenters. The molecule has 17 heavy (non-hydrogen) atoms. The highest BCUT2D eigenvalue weighted by atomic mass is 35.5. The van der Waals surface area contributed by atoms with Crippen LogP contribution in [0.3, 0.4) is 0 Å². The Morgan fingerprint density at radius 1 is 1.00 bits per heavy atom. The van der Waals surface area contributed by atoms with Crippen molar-refractivity contribution in [1.29, 1.82) is 0 Å². The third kappa shape index (κ3) is 3.22. The molecule has 0 radical (unpaired) electrons. The summed E-state index contributed by atoms with van der Waals surface area (Å²) in [7, 11) is 0. The fraction of sp³-hybridized carbons (Fsp3) is 0.143.